The van der Waals surface area contributed by atoms with Crippen molar-refractivity contribution in [2.75, 3.05) is 13.2 Å². The maximum Gasteiger partial charge on any atom is 0.0631 e. The van der Waals surface area contributed by atoms with Crippen molar-refractivity contribution in [3.05, 3.63) is 34.3 Å². The van der Waals surface area contributed by atoms with E-state index in [9.17, 15) is 10.2 Å². The Morgan fingerprint density at radius 3 is 2.45 bits per heavy atom. The summed E-state index contributed by atoms with van der Waals surface area (Å²) in [6.07, 6.45) is 2.70. The molecule has 0 amide bonds. The van der Waals surface area contributed by atoms with Gasteiger partial charge in [-0.1, -0.05) is 34.1 Å². The minimum absolute atomic E-state index is 0.0800. The predicted molar refractivity (Wildman–Crippen MR) is 82.8 cm³/mol. The number of halogens is 1. The van der Waals surface area contributed by atoms with Crippen LogP contribution < -0.4 is 0 Å². The summed E-state index contributed by atoms with van der Waals surface area (Å²) >= 11 is 3.52. The van der Waals surface area contributed by atoms with Gasteiger partial charge in [0.1, 0.15) is 0 Å². The van der Waals surface area contributed by atoms with Crippen LogP contribution in [0.25, 0.3) is 0 Å². The fourth-order valence-corrected chi connectivity index (χ4v) is 3.71. The van der Waals surface area contributed by atoms with Crippen molar-refractivity contribution in [1.29, 1.82) is 0 Å². The van der Waals surface area contributed by atoms with Crippen LogP contribution in [-0.2, 0) is 10.2 Å². The Labute approximate surface area is 129 Å². The van der Waals surface area contributed by atoms with E-state index in [2.05, 4.69) is 29.8 Å². The van der Waals surface area contributed by atoms with Crippen molar-refractivity contribution >= 4 is 15.9 Å². The highest BCUT2D eigenvalue weighted by Gasteiger charge is 2.40. The first-order valence-corrected chi connectivity index (χ1v) is 7.86. The molecule has 1 aromatic carbocycles. The summed E-state index contributed by atoms with van der Waals surface area (Å²) < 4.78 is 6.95. The average molecular weight is 343 g/mol. The Morgan fingerprint density at radius 2 is 1.95 bits per heavy atom. The van der Waals surface area contributed by atoms with Gasteiger partial charge in [-0.05, 0) is 44.7 Å². The Bertz CT molecular complexity index is 455. The number of aliphatic hydroxyl groups excluding tert-OH is 2. The standard InChI is InChI=1S/C16H23BrO3/c1-15(2)8-7-12(20-15)9-16(10-18,11-19)13-5-3-4-6-14(13)17/h3-6,12,18-19H,7-11H2,1-2H3. The molecular weight excluding hydrogens is 320 g/mol. The SMILES string of the molecule is CC1(C)CCC(CC(CO)(CO)c2ccccc2Br)O1. The van der Waals surface area contributed by atoms with Gasteiger partial charge in [0.05, 0.1) is 24.9 Å². The van der Waals surface area contributed by atoms with Gasteiger partial charge in [0, 0.05) is 9.89 Å². The van der Waals surface area contributed by atoms with Crippen molar-refractivity contribution in [2.24, 2.45) is 0 Å². The van der Waals surface area contributed by atoms with E-state index in [0.717, 1.165) is 22.9 Å². The second kappa shape index (κ2) is 6.14. The van der Waals surface area contributed by atoms with Crippen LogP contribution in [-0.4, -0.2) is 35.1 Å². The Balaban J connectivity index is 2.25. The van der Waals surface area contributed by atoms with Gasteiger partial charge in [0.25, 0.3) is 0 Å². The van der Waals surface area contributed by atoms with Crippen LogP contribution in [0.3, 0.4) is 0 Å². The highest BCUT2D eigenvalue weighted by Crippen LogP contribution is 2.39. The zero-order valence-corrected chi connectivity index (χ0v) is 13.7. The molecule has 0 aromatic heterocycles. The smallest absolute Gasteiger partial charge is 0.0631 e. The lowest BCUT2D eigenvalue weighted by molar-refractivity contribution is -0.0382. The molecule has 1 aliphatic rings. The molecule has 0 spiro atoms. The number of ether oxygens (including phenoxy) is 1. The fourth-order valence-electron chi connectivity index (χ4n) is 3.01. The molecule has 2 rings (SSSR count). The molecule has 0 saturated carbocycles. The third-order valence-corrected chi connectivity index (χ3v) is 4.91. The van der Waals surface area contributed by atoms with Gasteiger partial charge in [0.15, 0.2) is 0 Å². The van der Waals surface area contributed by atoms with Crippen LogP contribution in [0.2, 0.25) is 0 Å². The molecule has 0 radical (unpaired) electrons. The molecule has 2 N–H and O–H groups in total. The molecule has 112 valence electrons. The monoisotopic (exact) mass is 342 g/mol. The van der Waals surface area contributed by atoms with Crippen molar-refractivity contribution < 1.29 is 14.9 Å². The molecule has 0 bridgehead atoms. The summed E-state index contributed by atoms with van der Waals surface area (Å²) in [5, 5.41) is 19.8. The topological polar surface area (TPSA) is 49.7 Å². The van der Waals surface area contributed by atoms with Crippen LogP contribution in [0.15, 0.2) is 28.7 Å². The number of rotatable bonds is 5. The van der Waals surface area contributed by atoms with Crippen LogP contribution in [0.5, 0.6) is 0 Å². The summed E-state index contributed by atoms with van der Waals surface area (Å²) in [6, 6.07) is 7.76. The molecule has 1 aliphatic heterocycles. The predicted octanol–water partition coefficient (Wildman–Crippen LogP) is 3.02. The number of benzene rings is 1. The van der Waals surface area contributed by atoms with Gasteiger partial charge >= 0.3 is 0 Å². The van der Waals surface area contributed by atoms with Crippen LogP contribution in [0, 0.1) is 0 Å². The number of hydrogen-bond acceptors (Lipinski definition) is 3. The molecule has 1 fully saturated rings. The van der Waals surface area contributed by atoms with Crippen molar-refractivity contribution in [1.82, 2.24) is 0 Å². The lowest BCUT2D eigenvalue weighted by atomic mass is 9.77. The third-order valence-electron chi connectivity index (χ3n) is 4.22. The first-order chi connectivity index (χ1) is 9.42. The highest BCUT2D eigenvalue weighted by atomic mass is 79.9. The van der Waals surface area contributed by atoms with Crippen molar-refractivity contribution in [3.8, 4) is 0 Å². The largest absolute Gasteiger partial charge is 0.395 e. The summed E-state index contributed by atoms with van der Waals surface area (Å²) in [6.45, 7) is 3.99. The first kappa shape index (κ1) is 16.0. The maximum atomic E-state index is 9.91. The summed E-state index contributed by atoms with van der Waals surface area (Å²) in [7, 11) is 0. The average Bonchev–Trinajstić information content (AvgIpc) is 2.76. The normalized spacial score (nSPS) is 22.1. The van der Waals surface area contributed by atoms with E-state index in [4.69, 9.17) is 4.74 Å². The van der Waals surface area contributed by atoms with E-state index in [1.807, 2.05) is 24.3 Å². The van der Waals surface area contributed by atoms with Gasteiger partial charge in [-0.2, -0.15) is 0 Å². The zero-order chi connectivity index (χ0) is 14.8. The van der Waals surface area contributed by atoms with Gasteiger partial charge in [-0.25, -0.2) is 0 Å². The van der Waals surface area contributed by atoms with Crippen molar-refractivity contribution in [3.63, 3.8) is 0 Å². The van der Waals surface area contributed by atoms with Gasteiger partial charge in [-0.3, -0.25) is 0 Å². The third kappa shape index (κ3) is 3.25. The summed E-state index contributed by atoms with van der Waals surface area (Å²) in [4.78, 5) is 0. The van der Waals surface area contributed by atoms with Crippen LogP contribution >= 0.6 is 15.9 Å². The Hall–Kier alpha value is -0.420. The molecule has 1 saturated heterocycles. The lowest BCUT2D eigenvalue weighted by Gasteiger charge is -2.34. The molecule has 1 aromatic rings. The quantitative estimate of drug-likeness (QED) is 0.864. The van der Waals surface area contributed by atoms with Gasteiger partial charge in [-0.15, -0.1) is 0 Å². The van der Waals surface area contributed by atoms with E-state index in [1.54, 1.807) is 0 Å². The lowest BCUT2D eigenvalue weighted by Crippen LogP contribution is -2.39. The Kier molecular flexibility index (Phi) is 4.90. The van der Waals surface area contributed by atoms with Gasteiger partial charge in [0.2, 0.25) is 0 Å². The zero-order valence-electron chi connectivity index (χ0n) is 12.1. The first-order valence-electron chi connectivity index (χ1n) is 7.07. The number of hydrogen-bond donors (Lipinski definition) is 2. The molecule has 4 heteroatoms. The molecule has 1 atom stereocenters. The second-order valence-corrected chi connectivity index (χ2v) is 7.17. The van der Waals surface area contributed by atoms with Gasteiger partial charge < -0.3 is 14.9 Å². The maximum absolute atomic E-state index is 9.91. The van der Waals surface area contributed by atoms with E-state index in [0.29, 0.717) is 6.42 Å². The van der Waals surface area contributed by atoms with Crippen molar-refractivity contribution in [2.45, 2.75) is 50.2 Å². The number of aliphatic hydroxyl groups is 2. The molecule has 3 nitrogen and oxygen atoms in total. The van der Waals surface area contributed by atoms with E-state index in [-0.39, 0.29) is 24.9 Å². The molecule has 1 heterocycles. The Morgan fingerprint density at radius 1 is 1.30 bits per heavy atom. The molecule has 0 aliphatic carbocycles. The minimum atomic E-state index is -0.662. The van der Waals surface area contributed by atoms with E-state index in [1.165, 1.54) is 0 Å². The van der Waals surface area contributed by atoms with E-state index < -0.39 is 5.41 Å². The summed E-state index contributed by atoms with van der Waals surface area (Å²) in [5.74, 6) is 0. The van der Waals surface area contributed by atoms with E-state index >= 15 is 0 Å². The highest BCUT2D eigenvalue weighted by molar-refractivity contribution is 9.10. The molecule has 20 heavy (non-hydrogen) atoms. The van der Waals surface area contributed by atoms with Crippen LogP contribution in [0.4, 0.5) is 0 Å². The fraction of sp³-hybridized carbons (Fsp3) is 0.625. The molecular formula is C16H23BrO3. The molecule has 1 unspecified atom stereocenters. The summed E-state index contributed by atoms with van der Waals surface area (Å²) in [5.41, 5.74) is 0.179. The van der Waals surface area contributed by atoms with Crippen LogP contribution in [0.1, 0.15) is 38.7 Å². The second-order valence-electron chi connectivity index (χ2n) is 6.32. The minimum Gasteiger partial charge on any atom is -0.395 e.